The van der Waals surface area contributed by atoms with Gasteiger partial charge in [0, 0.05) is 6.07 Å². The van der Waals surface area contributed by atoms with E-state index < -0.39 is 19.1 Å². The van der Waals surface area contributed by atoms with E-state index in [2.05, 4.69) is 25.1 Å². The summed E-state index contributed by atoms with van der Waals surface area (Å²) in [7, 11) is 0. The van der Waals surface area contributed by atoms with Crippen LogP contribution in [-0.2, 0) is 4.74 Å². The molecule has 2 rings (SSSR count). The average Bonchev–Trinajstić information content (AvgIpc) is 2.81. The SMILES string of the molecule is CC1=C(n2nc(C)cc2OC(F)F)C(OC(F)F)=N[N]1. The van der Waals surface area contributed by atoms with Crippen molar-refractivity contribution in [2.24, 2.45) is 5.10 Å². The Bertz CT molecular complexity index is 568. The Labute approximate surface area is 110 Å². The summed E-state index contributed by atoms with van der Waals surface area (Å²) in [4.78, 5) is 0. The van der Waals surface area contributed by atoms with Gasteiger partial charge in [-0.2, -0.15) is 27.3 Å². The van der Waals surface area contributed by atoms with E-state index in [1.807, 2.05) is 0 Å². The minimum Gasteiger partial charge on any atom is -0.417 e. The van der Waals surface area contributed by atoms with Crippen LogP contribution in [-0.4, -0.2) is 28.9 Å². The van der Waals surface area contributed by atoms with Crippen molar-refractivity contribution in [1.29, 1.82) is 0 Å². The lowest BCUT2D eigenvalue weighted by molar-refractivity contribution is -0.0604. The van der Waals surface area contributed by atoms with Gasteiger partial charge in [0.05, 0.1) is 11.4 Å². The molecule has 0 saturated heterocycles. The van der Waals surface area contributed by atoms with Crippen LogP contribution in [0.3, 0.4) is 0 Å². The number of halogens is 4. The third-order valence-electron chi connectivity index (χ3n) is 2.26. The van der Waals surface area contributed by atoms with Gasteiger partial charge >= 0.3 is 13.2 Å². The fourth-order valence-electron chi connectivity index (χ4n) is 1.59. The maximum atomic E-state index is 12.3. The highest BCUT2D eigenvalue weighted by atomic mass is 19.3. The van der Waals surface area contributed by atoms with Gasteiger partial charge in [0.15, 0.2) is 5.70 Å². The second kappa shape index (κ2) is 5.39. The Morgan fingerprint density at radius 3 is 2.35 bits per heavy atom. The third kappa shape index (κ3) is 2.83. The van der Waals surface area contributed by atoms with Crippen LogP contribution in [0.15, 0.2) is 16.9 Å². The molecule has 0 saturated carbocycles. The van der Waals surface area contributed by atoms with Crippen molar-refractivity contribution in [2.75, 3.05) is 0 Å². The second-order valence-electron chi connectivity index (χ2n) is 3.73. The van der Waals surface area contributed by atoms with Crippen LogP contribution in [0.5, 0.6) is 5.88 Å². The zero-order chi connectivity index (χ0) is 14.9. The second-order valence-corrected chi connectivity index (χ2v) is 3.73. The Balaban J connectivity index is 2.39. The summed E-state index contributed by atoms with van der Waals surface area (Å²) in [6, 6.07) is 1.23. The third-order valence-corrected chi connectivity index (χ3v) is 2.26. The van der Waals surface area contributed by atoms with E-state index in [4.69, 9.17) is 0 Å². The van der Waals surface area contributed by atoms with Gasteiger partial charge in [-0.1, -0.05) is 0 Å². The Kier molecular flexibility index (Phi) is 3.81. The molecule has 1 aromatic rings. The number of hydrogen-bond donors (Lipinski definition) is 0. The van der Waals surface area contributed by atoms with Crippen LogP contribution >= 0.6 is 0 Å². The molecule has 1 aliphatic heterocycles. The van der Waals surface area contributed by atoms with E-state index in [0.717, 1.165) is 4.68 Å². The van der Waals surface area contributed by atoms with Crippen molar-refractivity contribution in [1.82, 2.24) is 15.2 Å². The van der Waals surface area contributed by atoms with Gasteiger partial charge in [-0.05, 0) is 13.8 Å². The van der Waals surface area contributed by atoms with Gasteiger partial charge in [0.25, 0.3) is 5.90 Å². The fourth-order valence-corrected chi connectivity index (χ4v) is 1.59. The summed E-state index contributed by atoms with van der Waals surface area (Å²) in [5.74, 6) is -0.839. The van der Waals surface area contributed by atoms with E-state index in [9.17, 15) is 17.6 Å². The minimum atomic E-state index is -3.12. The van der Waals surface area contributed by atoms with Crippen molar-refractivity contribution in [3.8, 4) is 5.88 Å². The quantitative estimate of drug-likeness (QED) is 0.799. The summed E-state index contributed by atoms with van der Waals surface area (Å²) in [6.07, 6.45) is 0. The highest BCUT2D eigenvalue weighted by Crippen LogP contribution is 2.26. The summed E-state index contributed by atoms with van der Waals surface area (Å²) >= 11 is 0. The molecule has 6 nitrogen and oxygen atoms in total. The first-order valence-corrected chi connectivity index (χ1v) is 5.35. The molecular formula is C10H9F4N4O2. The molecule has 0 atom stereocenters. The van der Waals surface area contributed by atoms with Gasteiger partial charge in [-0.15, -0.1) is 10.5 Å². The van der Waals surface area contributed by atoms with Crippen molar-refractivity contribution < 1.29 is 27.0 Å². The Hall–Kier alpha value is -2.26. The number of alkyl halides is 4. The lowest BCUT2D eigenvalue weighted by Crippen LogP contribution is -2.17. The van der Waals surface area contributed by atoms with E-state index in [0.29, 0.717) is 5.69 Å². The molecule has 1 aliphatic rings. The number of rotatable bonds is 4. The van der Waals surface area contributed by atoms with Crippen LogP contribution < -0.4 is 10.2 Å². The lowest BCUT2D eigenvalue weighted by Gasteiger charge is -2.11. The van der Waals surface area contributed by atoms with Crippen molar-refractivity contribution in [3.63, 3.8) is 0 Å². The summed E-state index contributed by atoms with van der Waals surface area (Å²) < 4.78 is 58.5. The Morgan fingerprint density at radius 1 is 1.10 bits per heavy atom. The zero-order valence-electron chi connectivity index (χ0n) is 10.3. The summed E-state index contributed by atoms with van der Waals surface area (Å²) in [6.45, 7) is -3.23. The molecule has 2 heterocycles. The summed E-state index contributed by atoms with van der Waals surface area (Å²) in [5, 5.41) is 7.29. The predicted octanol–water partition coefficient (Wildman–Crippen LogP) is 2.15. The van der Waals surface area contributed by atoms with Gasteiger partial charge in [0.2, 0.25) is 5.88 Å². The lowest BCUT2D eigenvalue weighted by atomic mass is 10.3. The van der Waals surface area contributed by atoms with Crippen molar-refractivity contribution in [3.05, 3.63) is 17.5 Å². The number of nitrogens with zero attached hydrogens (tertiary/aromatic N) is 4. The average molecular weight is 293 g/mol. The molecule has 0 fully saturated rings. The van der Waals surface area contributed by atoms with E-state index >= 15 is 0 Å². The fraction of sp³-hybridized carbons (Fsp3) is 0.400. The molecule has 1 radical (unpaired) electrons. The smallest absolute Gasteiger partial charge is 0.388 e. The normalized spacial score (nSPS) is 14.9. The Morgan fingerprint density at radius 2 is 1.75 bits per heavy atom. The van der Waals surface area contributed by atoms with Gasteiger partial charge in [-0.3, -0.25) is 0 Å². The van der Waals surface area contributed by atoms with E-state index in [1.165, 1.54) is 19.9 Å². The van der Waals surface area contributed by atoms with E-state index in [1.54, 1.807) is 0 Å². The number of ether oxygens (including phenoxy) is 2. The maximum absolute atomic E-state index is 12.3. The first-order chi connectivity index (χ1) is 9.38. The molecule has 0 aromatic carbocycles. The van der Waals surface area contributed by atoms with Crippen LogP contribution in [0, 0.1) is 6.92 Å². The number of aryl methyl sites for hydroxylation is 1. The first-order valence-electron chi connectivity index (χ1n) is 5.35. The molecule has 0 spiro atoms. The van der Waals surface area contributed by atoms with Gasteiger partial charge in [-0.25, -0.2) is 0 Å². The molecule has 0 N–H and O–H groups in total. The molecular weight excluding hydrogens is 284 g/mol. The molecule has 0 amide bonds. The number of aromatic nitrogens is 2. The van der Waals surface area contributed by atoms with E-state index in [-0.39, 0.29) is 17.3 Å². The maximum Gasteiger partial charge on any atom is 0.388 e. The van der Waals surface area contributed by atoms with Crippen LogP contribution in [0.1, 0.15) is 12.6 Å². The highest BCUT2D eigenvalue weighted by Gasteiger charge is 2.28. The standard InChI is InChI=1S/C10H9F4N4O2/c1-4-3-6(19-9(11)12)18(17-4)7-5(2)15-16-8(7)20-10(13)14/h3,9-10H,1-2H3. The summed E-state index contributed by atoms with van der Waals surface area (Å²) in [5.41, 5.74) is 4.02. The van der Waals surface area contributed by atoms with Crippen molar-refractivity contribution >= 4 is 11.6 Å². The molecule has 0 bridgehead atoms. The number of allylic oxidation sites excluding steroid dienone is 1. The molecule has 109 valence electrons. The molecule has 10 heteroatoms. The molecule has 20 heavy (non-hydrogen) atoms. The largest absolute Gasteiger partial charge is 0.417 e. The van der Waals surface area contributed by atoms with Crippen LogP contribution in [0.25, 0.3) is 5.70 Å². The topological polar surface area (TPSA) is 62.7 Å². The molecule has 0 unspecified atom stereocenters. The molecule has 0 aliphatic carbocycles. The van der Waals surface area contributed by atoms with Gasteiger partial charge < -0.3 is 9.47 Å². The highest BCUT2D eigenvalue weighted by molar-refractivity contribution is 6.15. The monoisotopic (exact) mass is 293 g/mol. The first kappa shape index (κ1) is 14.2. The van der Waals surface area contributed by atoms with Gasteiger partial charge in [0.1, 0.15) is 0 Å². The van der Waals surface area contributed by atoms with Crippen LogP contribution in [0.4, 0.5) is 17.6 Å². The number of hydrogen-bond acceptors (Lipinski definition) is 4. The molecule has 1 aromatic heterocycles. The zero-order valence-corrected chi connectivity index (χ0v) is 10.3. The van der Waals surface area contributed by atoms with Crippen molar-refractivity contribution in [2.45, 2.75) is 27.1 Å². The predicted molar refractivity (Wildman–Crippen MR) is 59.1 cm³/mol. The van der Waals surface area contributed by atoms with Crippen LogP contribution in [0.2, 0.25) is 0 Å². The minimum absolute atomic E-state index is 0.0750.